The Balaban J connectivity index is 2.87. The minimum Gasteiger partial charge on any atom is -0.463 e. The zero-order valence-electron chi connectivity index (χ0n) is 11.8. The fourth-order valence-electron chi connectivity index (χ4n) is 1.86. The SMILES string of the molecule is CC(=O)OC[C@H]1OC(O)[C@H](OC(C)=O)[C@@H](OC(C)=O)[C@@H]1Cl. The molecule has 1 heterocycles. The molecule has 0 aliphatic carbocycles. The lowest BCUT2D eigenvalue weighted by molar-refractivity contribution is -0.261. The average molecular weight is 325 g/mol. The van der Waals surface area contributed by atoms with Gasteiger partial charge in [0, 0.05) is 20.8 Å². The second kappa shape index (κ2) is 7.58. The van der Waals surface area contributed by atoms with Crippen molar-refractivity contribution in [3.8, 4) is 0 Å². The van der Waals surface area contributed by atoms with Crippen LogP contribution in [0.3, 0.4) is 0 Å². The van der Waals surface area contributed by atoms with Gasteiger partial charge in [-0.05, 0) is 0 Å². The predicted molar refractivity (Wildman–Crippen MR) is 68.3 cm³/mol. The molecule has 1 aliphatic heterocycles. The number of aliphatic hydroxyl groups excluding tert-OH is 1. The summed E-state index contributed by atoms with van der Waals surface area (Å²) in [5, 5.41) is 8.89. The first-order valence-corrected chi connectivity index (χ1v) is 6.61. The molecule has 1 fully saturated rings. The van der Waals surface area contributed by atoms with Crippen molar-refractivity contribution < 1.29 is 38.4 Å². The van der Waals surface area contributed by atoms with E-state index in [2.05, 4.69) is 0 Å². The number of aliphatic hydroxyl groups is 1. The van der Waals surface area contributed by atoms with Gasteiger partial charge in [-0.15, -0.1) is 11.6 Å². The van der Waals surface area contributed by atoms with E-state index < -0.39 is 47.9 Å². The van der Waals surface area contributed by atoms with Crippen molar-refractivity contribution in [1.29, 1.82) is 0 Å². The maximum Gasteiger partial charge on any atom is 0.303 e. The second-order valence-corrected chi connectivity index (χ2v) is 4.96. The summed E-state index contributed by atoms with van der Waals surface area (Å²) in [5.74, 6) is -1.91. The molecule has 1 unspecified atom stereocenters. The van der Waals surface area contributed by atoms with E-state index in [9.17, 15) is 19.5 Å². The molecule has 0 saturated carbocycles. The zero-order chi connectivity index (χ0) is 16.2. The molecule has 5 atom stereocenters. The summed E-state index contributed by atoms with van der Waals surface area (Å²) in [4.78, 5) is 33.0. The average Bonchev–Trinajstić information content (AvgIpc) is 2.35. The van der Waals surface area contributed by atoms with E-state index in [1.54, 1.807) is 0 Å². The number of alkyl halides is 1. The third-order valence-electron chi connectivity index (χ3n) is 2.64. The molecule has 1 N–H and O–H groups in total. The molecule has 0 amide bonds. The molecule has 21 heavy (non-hydrogen) atoms. The predicted octanol–water partition coefficient (Wildman–Crippen LogP) is -0.262. The molecular weight excluding hydrogens is 308 g/mol. The Morgan fingerprint density at radius 1 is 1.05 bits per heavy atom. The largest absolute Gasteiger partial charge is 0.463 e. The van der Waals surface area contributed by atoms with Crippen LogP contribution < -0.4 is 0 Å². The van der Waals surface area contributed by atoms with E-state index >= 15 is 0 Å². The first-order chi connectivity index (χ1) is 9.72. The molecule has 120 valence electrons. The Kier molecular flexibility index (Phi) is 6.38. The monoisotopic (exact) mass is 324 g/mol. The van der Waals surface area contributed by atoms with E-state index in [1.165, 1.54) is 6.92 Å². The topological polar surface area (TPSA) is 108 Å². The van der Waals surface area contributed by atoms with Crippen molar-refractivity contribution in [3.05, 3.63) is 0 Å². The normalized spacial score (nSPS) is 32.1. The molecule has 1 saturated heterocycles. The van der Waals surface area contributed by atoms with Crippen LogP contribution in [0.5, 0.6) is 0 Å². The minimum atomic E-state index is -1.56. The standard InChI is InChI=1S/C12H17ClO8/c1-5(14)18-4-8-9(13)10(19-6(2)15)11(12(17)21-8)20-7(3)16/h8-12,17H,4H2,1-3H3/t8-,9-,10+,11-,12?/m1/s1. The highest BCUT2D eigenvalue weighted by Crippen LogP contribution is 2.29. The number of carbonyl (C=O) groups is 3. The molecule has 1 rings (SSSR count). The van der Waals surface area contributed by atoms with Gasteiger partial charge in [0.25, 0.3) is 0 Å². The van der Waals surface area contributed by atoms with Gasteiger partial charge in [0.15, 0.2) is 18.5 Å². The van der Waals surface area contributed by atoms with Crippen molar-refractivity contribution in [1.82, 2.24) is 0 Å². The van der Waals surface area contributed by atoms with Crippen LogP contribution >= 0.6 is 11.6 Å². The van der Waals surface area contributed by atoms with Gasteiger partial charge in [-0.2, -0.15) is 0 Å². The third kappa shape index (κ3) is 5.14. The zero-order valence-corrected chi connectivity index (χ0v) is 12.5. The van der Waals surface area contributed by atoms with Gasteiger partial charge in [0.2, 0.25) is 0 Å². The van der Waals surface area contributed by atoms with Crippen LogP contribution in [0.1, 0.15) is 20.8 Å². The van der Waals surface area contributed by atoms with Crippen molar-refractivity contribution >= 4 is 29.5 Å². The number of rotatable bonds is 4. The van der Waals surface area contributed by atoms with Gasteiger partial charge >= 0.3 is 17.9 Å². The van der Waals surface area contributed by atoms with Gasteiger partial charge < -0.3 is 24.1 Å². The molecule has 1 aliphatic rings. The molecule has 0 spiro atoms. The van der Waals surface area contributed by atoms with Gasteiger partial charge in [-0.3, -0.25) is 14.4 Å². The number of hydrogen-bond donors (Lipinski definition) is 1. The van der Waals surface area contributed by atoms with Crippen LogP contribution in [0.4, 0.5) is 0 Å². The van der Waals surface area contributed by atoms with Crippen LogP contribution in [0.15, 0.2) is 0 Å². The summed E-state index contributed by atoms with van der Waals surface area (Å²) < 4.78 is 19.8. The molecule has 0 radical (unpaired) electrons. The highest BCUT2D eigenvalue weighted by Gasteiger charge is 2.49. The number of hydrogen-bond acceptors (Lipinski definition) is 8. The molecular formula is C12H17ClO8. The maximum atomic E-state index is 11.1. The smallest absolute Gasteiger partial charge is 0.303 e. The molecule has 0 aromatic carbocycles. The lowest BCUT2D eigenvalue weighted by Gasteiger charge is -2.40. The Labute approximate surface area is 126 Å². The first-order valence-electron chi connectivity index (χ1n) is 6.17. The van der Waals surface area contributed by atoms with E-state index in [-0.39, 0.29) is 6.61 Å². The number of esters is 3. The lowest BCUT2D eigenvalue weighted by atomic mass is 10.0. The van der Waals surface area contributed by atoms with Crippen LogP contribution in [0.25, 0.3) is 0 Å². The van der Waals surface area contributed by atoms with Crippen molar-refractivity contribution in [3.63, 3.8) is 0 Å². The third-order valence-corrected chi connectivity index (χ3v) is 3.17. The number of halogens is 1. The van der Waals surface area contributed by atoms with Gasteiger partial charge in [0.1, 0.15) is 18.1 Å². The fraction of sp³-hybridized carbons (Fsp3) is 0.750. The molecule has 0 aromatic rings. The van der Waals surface area contributed by atoms with Gasteiger partial charge in [-0.25, -0.2) is 0 Å². The Bertz CT molecular complexity index is 412. The van der Waals surface area contributed by atoms with Crippen LogP contribution in [0, 0.1) is 0 Å². The van der Waals surface area contributed by atoms with E-state index in [1.807, 2.05) is 0 Å². The summed E-state index contributed by atoms with van der Waals surface area (Å²) >= 11 is 6.12. The summed E-state index contributed by atoms with van der Waals surface area (Å²) in [6.07, 6.45) is -4.87. The van der Waals surface area contributed by atoms with E-state index in [4.69, 9.17) is 30.5 Å². The quantitative estimate of drug-likeness (QED) is 0.428. The summed E-state index contributed by atoms with van der Waals surface area (Å²) in [6.45, 7) is 3.25. The summed E-state index contributed by atoms with van der Waals surface area (Å²) in [6, 6.07) is 0. The van der Waals surface area contributed by atoms with Gasteiger partial charge in [0.05, 0.1) is 0 Å². The van der Waals surface area contributed by atoms with Crippen molar-refractivity contribution in [2.45, 2.75) is 50.8 Å². The molecule has 8 nitrogen and oxygen atoms in total. The molecule has 9 heteroatoms. The Morgan fingerprint density at radius 2 is 1.57 bits per heavy atom. The van der Waals surface area contributed by atoms with Crippen LogP contribution in [0.2, 0.25) is 0 Å². The molecule has 0 bridgehead atoms. The van der Waals surface area contributed by atoms with E-state index in [0.29, 0.717) is 0 Å². The second-order valence-electron chi connectivity index (χ2n) is 4.46. The van der Waals surface area contributed by atoms with Gasteiger partial charge in [-0.1, -0.05) is 0 Å². The van der Waals surface area contributed by atoms with Crippen LogP contribution in [-0.4, -0.2) is 59.6 Å². The first kappa shape index (κ1) is 17.7. The van der Waals surface area contributed by atoms with Crippen molar-refractivity contribution in [2.75, 3.05) is 6.61 Å². The van der Waals surface area contributed by atoms with Crippen molar-refractivity contribution in [2.24, 2.45) is 0 Å². The summed E-state index contributed by atoms with van der Waals surface area (Å²) in [5.41, 5.74) is 0. The number of ether oxygens (including phenoxy) is 4. The maximum absolute atomic E-state index is 11.1. The molecule has 0 aromatic heterocycles. The Morgan fingerprint density at radius 3 is 2.05 bits per heavy atom. The highest BCUT2D eigenvalue weighted by molar-refractivity contribution is 6.21. The number of carbonyl (C=O) groups excluding carboxylic acids is 3. The van der Waals surface area contributed by atoms with Crippen LogP contribution in [-0.2, 0) is 33.3 Å². The lowest BCUT2D eigenvalue weighted by Crippen LogP contribution is -2.59. The Hall–Kier alpha value is -1.38. The minimum absolute atomic E-state index is 0.231. The van der Waals surface area contributed by atoms with E-state index in [0.717, 1.165) is 13.8 Å². The fourth-order valence-corrected chi connectivity index (χ4v) is 2.18. The highest BCUT2D eigenvalue weighted by atomic mass is 35.5. The summed E-state index contributed by atoms with van der Waals surface area (Å²) in [7, 11) is 0.